The van der Waals surface area contributed by atoms with Gasteiger partial charge in [-0.2, -0.15) is 0 Å². The summed E-state index contributed by atoms with van der Waals surface area (Å²) in [5.74, 6) is -1.61. The fourth-order valence-electron chi connectivity index (χ4n) is 2.00. The lowest BCUT2D eigenvalue weighted by Gasteiger charge is -2.46. The Bertz CT molecular complexity index is 357. The van der Waals surface area contributed by atoms with Gasteiger partial charge >= 0.3 is 5.97 Å². The standard InChI is InChI=1S/C8H10BrNO4S/c1-7(2)3(4(11)12)10-5(13)8(9,14)6(10)15-7/h3,6,14H,1-2H3,(H,11,12)/t3-,6+,8?/m0/s1. The molecule has 1 amide bonds. The van der Waals surface area contributed by atoms with E-state index < -0.39 is 32.5 Å². The zero-order valence-corrected chi connectivity index (χ0v) is 10.5. The highest BCUT2D eigenvalue weighted by atomic mass is 79.9. The number of carboxylic acid groups (broad SMARTS) is 1. The summed E-state index contributed by atoms with van der Waals surface area (Å²) >= 11 is 4.21. The van der Waals surface area contributed by atoms with E-state index in [1.807, 2.05) is 0 Å². The molecule has 2 N–H and O–H groups in total. The molecule has 84 valence electrons. The summed E-state index contributed by atoms with van der Waals surface area (Å²) < 4.78 is -2.19. The number of halogens is 1. The summed E-state index contributed by atoms with van der Waals surface area (Å²) in [5.41, 5.74) is 0. The molecule has 2 fully saturated rings. The highest BCUT2D eigenvalue weighted by molar-refractivity contribution is 9.10. The number of aliphatic carboxylic acids is 1. The number of alkyl halides is 1. The maximum Gasteiger partial charge on any atom is 0.327 e. The number of hydrogen-bond acceptors (Lipinski definition) is 4. The highest BCUT2D eigenvalue weighted by Gasteiger charge is 2.70. The van der Waals surface area contributed by atoms with Crippen LogP contribution in [0.25, 0.3) is 0 Å². The van der Waals surface area contributed by atoms with Crippen molar-refractivity contribution in [2.75, 3.05) is 0 Å². The summed E-state index contributed by atoms with van der Waals surface area (Å²) in [5, 5.41) is 18.2. The van der Waals surface area contributed by atoms with Crippen LogP contribution in [0.15, 0.2) is 0 Å². The van der Waals surface area contributed by atoms with Gasteiger partial charge in [0, 0.05) is 4.75 Å². The number of carboxylic acids is 1. The zero-order chi connectivity index (χ0) is 11.6. The molecule has 0 aromatic rings. The summed E-state index contributed by atoms with van der Waals surface area (Å²) in [6.45, 7) is 3.51. The average Bonchev–Trinajstić information content (AvgIpc) is 2.35. The van der Waals surface area contributed by atoms with Crippen LogP contribution in [0.3, 0.4) is 0 Å². The van der Waals surface area contributed by atoms with Crippen molar-refractivity contribution in [2.24, 2.45) is 0 Å². The zero-order valence-electron chi connectivity index (χ0n) is 8.10. The third-order valence-electron chi connectivity index (χ3n) is 2.70. The van der Waals surface area contributed by atoms with Crippen LogP contribution in [0.4, 0.5) is 0 Å². The van der Waals surface area contributed by atoms with E-state index in [1.54, 1.807) is 13.8 Å². The number of amides is 1. The van der Waals surface area contributed by atoms with Gasteiger partial charge in [0.1, 0.15) is 11.4 Å². The Balaban J connectivity index is 2.37. The van der Waals surface area contributed by atoms with Crippen molar-refractivity contribution in [2.45, 2.75) is 34.5 Å². The van der Waals surface area contributed by atoms with Gasteiger partial charge in [-0.1, -0.05) is 0 Å². The minimum Gasteiger partial charge on any atom is -0.480 e. The molecule has 2 aliphatic heterocycles. The molecule has 15 heavy (non-hydrogen) atoms. The summed E-state index contributed by atoms with van der Waals surface area (Å²) in [6.07, 6.45) is 0. The molecule has 0 aromatic carbocycles. The number of aliphatic hydroxyl groups is 1. The largest absolute Gasteiger partial charge is 0.480 e. The Labute approximate surface area is 98.9 Å². The summed E-state index contributed by atoms with van der Waals surface area (Å²) in [6, 6.07) is -0.877. The predicted molar refractivity (Wildman–Crippen MR) is 57.6 cm³/mol. The molecule has 2 saturated heterocycles. The van der Waals surface area contributed by atoms with Gasteiger partial charge in [0.2, 0.25) is 4.51 Å². The first-order valence-electron chi connectivity index (χ1n) is 4.34. The Morgan fingerprint density at radius 2 is 2.13 bits per heavy atom. The van der Waals surface area contributed by atoms with Crippen molar-refractivity contribution in [3.05, 3.63) is 0 Å². The topological polar surface area (TPSA) is 77.8 Å². The van der Waals surface area contributed by atoms with Crippen LogP contribution in [0.2, 0.25) is 0 Å². The number of thioether (sulfide) groups is 1. The Hall–Kier alpha value is -0.270. The van der Waals surface area contributed by atoms with Crippen LogP contribution < -0.4 is 0 Å². The fourth-order valence-corrected chi connectivity index (χ4v) is 4.21. The fraction of sp³-hybridized carbons (Fsp3) is 0.750. The van der Waals surface area contributed by atoms with Gasteiger partial charge in [-0.05, 0) is 29.8 Å². The number of carbonyl (C=O) groups excluding carboxylic acids is 1. The Morgan fingerprint density at radius 3 is 2.60 bits per heavy atom. The van der Waals surface area contributed by atoms with Crippen molar-refractivity contribution < 1.29 is 19.8 Å². The minimum absolute atomic E-state index is 0.513. The van der Waals surface area contributed by atoms with Gasteiger partial charge < -0.3 is 15.1 Å². The first kappa shape index (κ1) is 11.2. The summed E-state index contributed by atoms with van der Waals surface area (Å²) in [7, 11) is 0. The lowest BCUT2D eigenvalue weighted by Crippen LogP contribution is -2.70. The molecule has 0 saturated carbocycles. The van der Waals surface area contributed by atoms with Gasteiger partial charge in [-0.15, -0.1) is 11.8 Å². The third-order valence-corrected chi connectivity index (χ3v) is 5.40. The molecule has 5 nitrogen and oxygen atoms in total. The van der Waals surface area contributed by atoms with Crippen LogP contribution in [-0.2, 0) is 9.59 Å². The lowest BCUT2D eigenvalue weighted by atomic mass is 9.97. The molecule has 0 spiro atoms. The molecule has 0 aromatic heterocycles. The predicted octanol–water partition coefficient (Wildman–Crippen LogP) is 0.217. The summed E-state index contributed by atoms with van der Waals surface area (Å²) in [4.78, 5) is 23.8. The lowest BCUT2D eigenvalue weighted by molar-refractivity contribution is -0.173. The first-order valence-corrected chi connectivity index (χ1v) is 6.01. The molecule has 2 rings (SSSR count). The van der Waals surface area contributed by atoms with Gasteiger partial charge in [0.25, 0.3) is 5.91 Å². The van der Waals surface area contributed by atoms with Crippen LogP contribution in [0.5, 0.6) is 0 Å². The van der Waals surface area contributed by atoms with Gasteiger partial charge in [-0.25, -0.2) is 4.79 Å². The van der Waals surface area contributed by atoms with E-state index >= 15 is 0 Å². The molecule has 7 heteroatoms. The number of hydrogen-bond donors (Lipinski definition) is 2. The van der Waals surface area contributed by atoms with E-state index in [0.29, 0.717) is 0 Å². The number of fused-ring (bicyclic) bond motifs is 1. The second-order valence-electron chi connectivity index (χ2n) is 4.20. The molecule has 0 aliphatic carbocycles. The van der Waals surface area contributed by atoms with Crippen LogP contribution in [0.1, 0.15) is 13.8 Å². The van der Waals surface area contributed by atoms with E-state index in [9.17, 15) is 14.7 Å². The molecule has 3 atom stereocenters. The SMILES string of the molecule is CC1(C)S[C@H]2N(C(=O)C2(O)Br)[C@H]1C(=O)O. The average molecular weight is 296 g/mol. The van der Waals surface area contributed by atoms with Gasteiger partial charge in [0.15, 0.2) is 0 Å². The molecule has 0 radical (unpaired) electrons. The highest BCUT2D eigenvalue weighted by Crippen LogP contribution is 2.56. The van der Waals surface area contributed by atoms with E-state index in [1.165, 1.54) is 16.7 Å². The van der Waals surface area contributed by atoms with Crippen molar-refractivity contribution >= 4 is 39.6 Å². The third kappa shape index (κ3) is 1.26. The number of carbonyl (C=O) groups is 2. The second-order valence-corrected chi connectivity index (χ2v) is 7.14. The van der Waals surface area contributed by atoms with Crippen molar-refractivity contribution in [3.63, 3.8) is 0 Å². The molecule has 0 bridgehead atoms. The van der Waals surface area contributed by atoms with Crippen molar-refractivity contribution in [1.82, 2.24) is 4.90 Å². The van der Waals surface area contributed by atoms with E-state index in [-0.39, 0.29) is 0 Å². The Kier molecular flexibility index (Phi) is 2.16. The maximum atomic E-state index is 11.5. The number of β-lactam (4-membered cyclic amide) rings is 1. The smallest absolute Gasteiger partial charge is 0.327 e. The normalized spacial score (nSPS) is 42.4. The maximum absolute atomic E-state index is 11.5. The molecular weight excluding hydrogens is 286 g/mol. The second kappa shape index (κ2) is 2.89. The number of rotatable bonds is 1. The monoisotopic (exact) mass is 295 g/mol. The Morgan fingerprint density at radius 1 is 1.60 bits per heavy atom. The first-order chi connectivity index (χ1) is 6.69. The van der Waals surface area contributed by atoms with E-state index in [2.05, 4.69) is 15.9 Å². The quantitative estimate of drug-likeness (QED) is 0.534. The molecule has 2 heterocycles. The van der Waals surface area contributed by atoms with Gasteiger partial charge in [0.05, 0.1) is 0 Å². The van der Waals surface area contributed by atoms with Crippen molar-refractivity contribution in [1.29, 1.82) is 0 Å². The van der Waals surface area contributed by atoms with Gasteiger partial charge in [-0.3, -0.25) is 4.79 Å². The van der Waals surface area contributed by atoms with E-state index in [0.717, 1.165) is 0 Å². The van der Waals surface area contributed by atoms with E-state index in [4.69, 9.17) is 5.11 Å². The van der Waals surface area contributed by atoms with Crippen LogP contribution in [0, 0.1) is 0 Å². The minimum atomic E-state index is -1.60. The molecular formula is C8H10BrNO4S. The van der Waals surface area contributed by atoms with Crippen LogP contribution >= 0.6 is 27.7 Å². The molecule has 2 aliphatic rings. The number of nitrogens with zero attached hydrogens (tertiary/aromatic N) is 1. The van der Waals surface area contributed by atoms with Crippen LogP contribution in [-0.4, -0.2) is 47.7 Å². The molecule has 1 unspecified atom stereocenters. The van der Waals surface area contributed by atoms with Crippen molar-refractivity contribution in [3.8, 4) is 0 Å².